The summed E-state index contributed by atoms with van der Waals surface area (Å²) in [6.45, 7) is 5.12. The molecule has 0 radical (unpaired) electrons. The summed E-state index contributed by atoms with van der Waals surface area (Å²) >= 11 is 1.46. The lowest BCUT2D eigenvalue weighted by Crippen LogP contribution is -2.21. The molecule has 28 heavy (non-hydrogen) atoms. The van der Waals surface area contributed by atoms with Gasteiger partial charge in [0.05, 0.1) is 7.11 Å². The minimum absolute atomic E-state index is 0. The third kappa shape index (κ3) is 3.65. The predicted octanol–water partition coefficient (Wildman–Crippen LogP) is 5.34. The number of aromatic nitrogens is 1. The molecule has 0 spiro atoms. The molecule has 0 saturated heterocycles. The van der Waals surface area contributed by atoms with E-state index < -0.39 is 0 Å². The van der Waals surface area contributed by atoms with E-state index in [2.05, 4.69) is 48.4 Å². The lowest BCUT2D eigenvalue weighted by atomic mass is 9.96. The number of benzene rings is 2. The van der Waals surface area contributed by atoms with E-state index in [1.807, 2.05) is 23.6 Å². The van der Waals surface area contributed by atoms with Crippen LogP contribution in [0.5, 0.6) is 5.75 Å². The van der Waals surface area contributed by atoms with Crippen LogP contribution in [0.3, 0.4) is 0 Å². The van der Waals surface area contributed by atoms with Gasteiger partial charge in [-0.1, -0.05) is 38.1 Å². The zero-order valence-electron chi connectivity index (χ0n) is 16.0. The monoisotopic (exact) mass is 414 g/mol. The molecule has 2 aromatic carbocycles. The second-order valence-corrected chi connectivity index (χ2v) is 7.83. The molecule has 146 valence electrons. The molecule has 0 aliphatic rings. The molecule has 2 heterocycles. The van der Waals surface area contributed by atoms with E-state index in [4.69, 9.17) is 4.74 Å². The molecule has 0 atom stereocenters. The van der Waals surface area contributed by atoms with Crippen molar-refractivity contribution in [1.29, 1.82) is 0 Å². The first kappa shape index (κ1) is 20.4. The summed E-state index contributed by atoms with van der Waals surface area (Å²) < 4.78 is 6.42. The molecule has 4 aromatic rings. The Bertz CT molecular complexity index is 1160. The highest BCUT2D eigenvalue weighted by Crippen LogP contribution is 2.40. The highest BCUT2D eigenvalue weighted by molar-refractivity contribution is 7.17. The van der Waals surface area contributed by atoms with Crippen molar-refractivity contribution in [1.82, 2.24) is 10.3 Å². The highest BCUT2D eigenvalue weighted by atomic mass is 35.5. The van der Waals surface area contributed by atoms with E-state index in [-0.39, 0.29) is 18.0 Å². The normalized spacial score (nSPS) is 11.1. The third-order valence-corrected chi connectivity index (χ3v) is 5.65. The first-order valence-corrected chi connectivity index (χ1v) is 9.89. The van der Waals surface area contributed by atoms with Gasteiger partial charge in [0, 0.05) is 34.4 Å². The Morgan fingerprint density at radius 1 is 1.11 bits per heavy atom. The highest BCUT2D eigenvalue weighted by Gasteiger charge is 2.16. The van der Waals surface area contributed by atoms with Crippen LogP contribution in [-0.4, -0.2) is 18.1 Å². The van der Waals surface area contributed by atoms with Crippen molar-refractivity contribution in [3.8, 4) is 16.9 Å². The molecule has 0 amide bonds. The standard InChI is InChI=1S/C22H22N2O2S.ClH/c1-13(2)23-12-14-4-6-15(7-5-14)19-18(26-3)9-8-17-20(19)16-10-11-27-21(16)22(25)24-17;/h4-11,13,23H,12H2,1-3H3,(H,24,25);1H. The van der Waals surface area contributed by atoms with Gasteiger partial charge in [0.1, 0.15) is 10.4 Å². The van der Waals surface area contributed by atoms with Crippen LogP contribution in [0.25, 0.3) is 32.1 Å². The molecular weight excluding hydrogens is 392 g/mol. The average Bonchev–Trinajstić information content (AvgIpc) is 3.16. The molecule has 0 fully saturated rings. The first-order chi connectivity index (χ1) is 13.1. The fourth-order valence-corrected chi connectivity index (χ4v) is 4.19. The zero-order valence-corrected chi connectivity index (χ0v) is 17.7. The molecule has 0 unspecified atom stereocenters. The number of hydrogen-bond acceptors (Lipinski definition) is 4. The summed E-state index contributed by atoms with van der Waals surface area (Å²) in [4.78, 5) is 15.4. The number of hydrogen-bond donors (Lipinski definition) is 2. The quantitative estimate of drug-likeness (QED) is 0.463. The molecule has 0 saturated carbocycles. The number of fused-ring (bicyclic) bond motifs is 3. The van der Waals surface area contributed by atoms with Crippen LogP contribution in [0.15, 0.2) is 52.6 Å². The Kier molecular flexibility index (Phi) is 6.08. The van der Waals surface area contributed by atoms with E-state index in [1.165, 1.54) is 16.9 Å². The van der Waals surface area contributed by atoms with Crippen LogP contribution in [0.1, 0.15) is 19.4 Å². The van der Waals surface area contributed by atoms with Crippen molar-refractivity contribution >= 4 is 44.7 Å². The maximum absolute atomic E-state index is 12.3. The Morgan fingerprint density at radius 2 is 1.86 bits per heavy atom. The second kappa shape index (κ2) is 8.35. The largest absolute Gasteiger partial charge is 0.496 e. The molecule has 4 nitrogen and oxygen atoms in total. The molecule has 2 N–H and O–H groups in total. The van der Waals surface area contributed by atoms with Crippen molar-refractivity contribution in [2.24, 2.45) is 0 Å². The average molecular weight is 415 g/mol. The topological polar surface area (TPSA) is 54.1 Å². The molecule has 2 aromatic heterocycles. The van der Waals surface area contributed by atoms with Crippen LogP contribution in [0, 0.1) is 0 Å². The van der Waals surface area contributed by atoms with Gasteiger partial charge in [0.2, 0.25) is 0 Å². The van der Waals surface area contributed by atoms with Crippen LogP contribution in [-0.2, 0) is 6.54 Å². The number of halogens is 1. The summed E-state index contributed by atoms with van der Waals surface area (Å²) in [6.07, 6.45) is 0. The van der Waals surface area contributed by atoms with Crippen molar-refractivity contribution in [3.63, 3.8) is 0 Å². The van der Waals surface area contributed by atoms with Gasteiger partial charge in [-0.3, -0.25) is 4.79 Å². The number of nitrogens with one attached hydrogen (secondary N) is 2. The Labute approximate surface area is 174 Å². The molecule has 0 aliphatic heterocycles. The maximum atomic E-state index is 12.3. The van der Waals surface area contributed by atoms with Crippen molar-refractivity contribution in [3.05, 3.63) is 63.8 Å². The lowest BCUT2D eigenvalue weighted by Gasteiger charge is -2.14. The fraction of sp³-hybridized carbons (Fsp3) is 0.227. The summed E-state index contributed by atoms with van der Waals surface area (Å²) in [7, 11) is 1.68. The SMILES string of the molecule is COc1ccc2[nH]c(=O)c3sccc3c2c1-c1ccc(CNC(C)C)cc1.Cl. The summed E-state index contributed by atoms with van der Waals surface area (Å²) in [5, 5.41) is 7.40. The number of ether oxygens (including phenoxy) is 1. The van der Waals surface area contributed by atoms with Crippen LogP contribution < -0.4 is 15.6 Å². The molecule has 0 aliphatic carbocycles. The Balaban J connectivity index is 0.00000225. The number of H-pyrrole nitrogens is 1. The minimum Gasteiger partial charge on any atom is -0.496 e. The Morgan fingerprint density at radius 3 is 2.54 bits per heavy atom. The minimum atomic E-state index is -0.0428. The van der Waals surface area contributed by atoms with E-state index in [1.54, 1.807) is 7.11 Å². The number of methoxy groups -OCH3 is 1. The number of rotatable bonds is 5. The van der Waals surface area contributed by atoms with Crippen LogP contribution in [0.2, 0.25) is 0 Å². The summed E-state index contributed by atoms with van der Waals surface area (Å²) in [5.41, 5.74) is 4.11. The number of aromatic amines is 1. The molecular formula is C22H23ClN2O2S. The Hall–Kier alpha value is -2.34. The van der Waals surface area contributed by atoms with Crippen LogP contribution >= 0.6 is 23.7 Å². The lowest BCUT2D eigenvalue weighted by molar-refractivity contribution is 0.417. The van der Waals surface area contributed by atoms with Gasteiger partial charge >= 0.3 is 0 Å². The predicted molar refractivity (Wildman–Crippen MR) is 121 cm³/mol. The first-order valence-electron chi connectivity index (χ1n) is 9.01. The van der Waals surface area contributed by atoms with Gasteiger partial charge in [-0.25, -0.2) is 0 Å². The molecule has 0 bridgehead atoms. The van der Waals surface area contributed by atoms with Gasteiger partial charge in [-0.05, 0) is 34.7 Å². The third-order valence-electron chi connectivity index (χ3n) is 4.73. The van der Waals surface area contributed by atoms with E-state index in [0.717, 1.165) is 44.4 Å². The molecule has 4 rings (SSSR count). The van der Waals surface area contributed by atoms with Gasteiger partial charge in [-0.2, -0.15) is 0 Å². The van der Waals surface area contributed by atoms with Gasteiger partial charge in [0.15, 0.2) is 0 Å². The van der Waals surface area contributed by atoms with Crippen LogP contribution in [0.4, 0.5) is 0 Å². The van der Waals surface area contributed by atoms with Gasteiger partial charge < -0.3 is 15.0 Å². The van der Waals surface area contributed by atoms with Crippen molar-refractivity contribution in [2.45, 2.75) is 26.4 Å². The zero-order chi connectivity index (χ0) is 19.0. The van der Waals surface area contributed by atoms with E-state index in [0.29, 0.717) is 6.04 Å². The van der Waals surface area contributed by atoms with E-state index in [9.17, 15) is 4.79 Å². The summed E-state index contributed by atoms with van der Waals surface area (Å²) in [5.74, 6) is 0.801. The second-order valence-electron chi connectivity index (χ2n) is 6.92. The number of thiophene rings is 1. The van der Waals surface area contributed by atoms with E-state index >= 15 is 0 Å². The molecule has 6 heteroatoms. The maximum Gasteiger partial charge on any atom is 0.266 e. The van der Waals surface area contributed by atoms with Crippen molar-refractivity contribution < 1.29 is 4.74 Å². The van der Waals surface area contributed by atoms with Crippen molar-refractivity contribution in [2.75, 3.05) is 7.11 Å². The van der Waals surface area contributed by atoms with Gasteiger partial charge in [0.25, 0.3) is 5.56 Å². The fourth-order valence-electron chi connectivity index (χ4n) is 3.40. The van der Waals surface area contributed by atoms with Gasteiger partial charge in [-0.15, -0.1) is 23.7 Å². The summed E-state index contributed by atoms with van der Waals surface area (Å²) in [6, 6.07) is 14.8. The number of pyridine rings is 1. The smallest absolute Gasteiger partial charge is 0.266 e.